The number of rotatable bonds is 12. The topological polar surface area (TPSA) is 266 Å². The number of para-hydroxylation sites is 1. The van der Waals surface area contributed by atoms with Gasteiger partial charge in [-0.15, -0.1) is 0 Å². The molecule has 0 amide bonds. The summed E-state index contributed by atoms with van der Waals surface area (Å²) in [5.74, 6) is -8.96. The van der Waals surface area contributed by atoms with Gasteiger partial charge in [0.25, 0.3) is 0 Å². The van der Waals surface area contributed by atoms with Crippen molar-refractivity contribution in [3.8, 4) is 34.1 Å². The lowest BCUT2D eigenvalue weighted by Gasteiger charge is -2.06. The lowest BCUT2D eigenvalue weighted by molar-refractivity contribution is 0.0686. The van der Waals surface area contributed by atoms with Crippen LogP contribution >= 0.6 is 11.6 Å². The fourth-order valence-corrected chi connectivity index (χ4v) is 13.6. The first kappa shape index (κ1) is 81.5. The Labute approximate surface area is 677 Å². The third kappa shape index (κ3) is 17.9. The second-order valence-electron chi connectivity index (χ2n) is 27.2. The average molecular weight is 1620 g/mol. The van der Waals surface area contributed by atoms with Crippen molar-refractivity contribution in [2.45, 2.75) is 27.7 Å². The first-order chi connectivity index (χ1) is 57.0. The SMILES string of the molecule is Cc1cn(-c2ccc(F)c(F)c2)c2ccc(C(=O)O)cc12.Cc1cn(-c2ccc(F)cc2)c2ccc(C(=O)O)cc12.Cc1cn(-c2cccc(F)c2)c2ccc(C(=O)O)cc12.Cc1cn(-c2ccccc2)c2ccc(C(=O)O)cc12.O=C(O)c1ccc2c(ccn2-c2ccc(Cl)c(F)c2)c1.O=C(O)c1ccc2c(cnn2-c2ccc(F)cc2)c1. The molecule has 6 heterocycles. The zero-order chi connectivity index (χ0) is 84.8. The number of halogens is 7. The molecule has 0 atom stereocenters. The Kier molecular flexibility index (Phi) is 23.8. The summed E-state index contributed by atoms with van der Waals surface area (Å²) in [5.41, 5.74) is 14.9. The number of aromatic carboxylic acids is 6. The van der Waals surface area contributed by atoms with Crippen LogP contribution in [0.1, 0.15) is 84.4 Å². The van der Waals surface area contributed by atoms with E-state index < -0.39 is 53.3 Å². The van der Waals surface area contributed by atoms with Crippen molar-refractivity contribution in [1.82, 2.24) is 32.6 Å². The highest BCUT2D eigenvalue weighted by Gasteiger charge is 2.18. The number of hydrogen-bond acceptors (Lipinski definition) is 7. The van der Waals surface area contributed by atoms with Gasteiger partial charge in [-0.25, -0.2) is 59.8 Å². The van der Waals surface area contributed by atoms with Gasteiger partial charge < -0.3 is 53.5 Å². The lowest BCUT2D eigenvalue weighted by atomic mass is 10.1. The third-order valence-electron chi connectivity index (χ3n) is 19.4. The Morgan fingerprint density at radius 3 is 1.05 bits per heavy atom. The van der Waals surface area contributed by atoms with Crippen LogP contribution in [0.25, 0.3) is 99.5 Å². The molecule has 0 saturated heterocycles. The fourth-order valence-electron chi connectivity index (χ4n) is 13.5. The Bertz CT molecular complexity index is 6990. The van der Waals surface area contributed by atoms with Gasteiger partial charge in [0.05, 0.1) is 83.4 Å². The van der Waals surface area contributed by atoms with Gasteiger partial charge >= 0.3 is 35.8 Å². The number of fused-ring (bicyclic) bond motifs is 6. The second-order valence-corrected chi connectivity index (χ2v) is 27.6. The molecule has 6 N–H and O–H groups in total. The number of aromatic nitrogens is 7. The van der Waals surface area contributed by atoms with E-state index in [0.29, 0.717) is 22.6 Å². The second kappa shape index (κ2) is 34.7. The summed E-state index contributed by atoms with van der Waals surface area (Å²) in [6.45, 7) is 7.66. The first-order valence-corrected chi connectivity index (χ1v) is 36.5. The molecule has 19 nitrogen and oxygen atoms in total. The molecule has 0 aliphatic rings. The van der Waals surface area contributed by atoms with E-state index in [1.165, 1.54) is 72.8 Å². The standard InChI is InChI=1S/C16H11F2NO2.2C16H12FNO2.C16H13NO2.C15H9ClFNO2.C14H9FN2O2/c1-9-8-19(11-3-4-13(17)14(18)7-11)15-5-2-10(16(20)21)6-12(9)15;1-10-9-18(13-5-3-12(17)4-6-13)15-7-2-11(16(19)20)8-14(10)15;1-10-9-18(13-4-2-3-12(17)8-13)15-6-5-11(16(19)20)7-14(10)15;1-11-10-17(13-5-3-2-4-6-13)15-8-7-12(16(18)19)9-14(11)15;16-12-3-2-11(8-13(12)17)18-6-5-9-7-10(15(19)20)1-4-14(9)18;15-11-2-4-12(5-3-11)17-13-6-1-9(14(18)19)7-10(13)8-16-17/h2-8H,1H3,(H,20,21);2*2-9H,1H3,(H,19,20);2-10H,1H3,(H,18,19);1-8H,(H,19,20);1-8H,(H,18,19). The molecular weight excluding hydrogens is 1560 g/mol. The van der Waals surface area contributed by atoms with Crippen LogP contribution in [0, 0.1) is 62.6 Å². The van der Waals surface area contributed by atoms with Crippen LogP contribution in [0.15, 0.2) is 292 Å². The summed E-state index contributed by atoms with van der Waals surface area (Å²) in [5, 5.41) is 63.3. The van der Waals surface area contributed by atoms with Crippen LogP contribution in [0.3, 0.4) is 0 Å². The van der Waals surface area contributed by atoms with E-state index in [1.54, 1.807) is 160 Å². The van der Waals surface area contributed by atoms with Crippen molar-refractivity contribution in [3.05, 3.63) is 388 Å². The molecule has 0 radical (unpaired) electrons. The summed E-state index contributed by atoms with van der Waals surface area (Å²) in [6.07, 6.45) is 11.0. The molecule has 6 aromatic heterocycles. The molecule has 119 heavy (non-hydrogen) atoms. The molecule has 18 rings (SSSR count). The minimum atomic E-state index is -1.00. The van der Waals surface area contributed by atoms with Gasteiger partial charge in [-0.05, 0) is 274 Å². The molecule has 0 spiro atoms. The summed E-state index contributed by atoms with van der Waals surface area (Å²) in [7, 11) is 0. The molecule has 12 aromatic carbocycles. The van der Waals surface area contributed by atoms with Gasteiger partial charge in [-0.3, -0.25) is 0 Å². The molecule has 0 unspecified atom stereocenters. The molecular formula is C93H66ClF6N7O12. The Morgan fingerprint density at radius 1 is 0.286 bits per heavy atom. The monoisotopic (exact) mass is 1620 g/mol. The maximum absolute atomic E-state index is 13.5. The molecule has 0 bridgehead atoms. The van der Waals surface area contributed by atoms with Crippen molar-refractivity contribution in [2.75, 3.05) is 0 Å². The smallest absolute Gasteiger partial charge is 0.335 e. The maximum atomic E-state index is 13.5. The zero-order valence-corrected chi connectivity index (χ0v) is 63.9. The predicted octanol–water partition coefficient (Wildman–Crippen LogP) is 22.1. The van der Waals surface area contributed by atoms with Crippen molar-refractivity contribution >= 4 is 113 Å². The summed E-state index contributed by atoms with van der Waals surface area (Å²) >= 11 is 5.67. The van der Waals surface area contributed by atoms with E-state index in [9.17, 15) is 55.1 Å². The molecule has 0 fully saturated rings. The van der Waals surface area contributed by atoms with Crippen LogP contribution in [0.2, 0.25) is 5.02 Å². The predicted molar refractivity (Wildman–Crippen MR) is 443 cm³/mol. The van der Waals surface area contributed by atoms with Crippen molar-refractivity contribution in [3.63, 3.8) is 0 Å². The highest BCUT2D eigenvalue weighted by molar-refractivity contribution is 6.30. The molecule has 26 heteroatoms. The highest BCUT2D eigenvalue weighted by atomic mass is 35.5. The third-order valence-corrected chi connectivity index (χ3v) is 19.7. The summed E-state index contributed by atoms with van der Waals surface area (Å²) in [4.78, 5) is 65.9. The van der Waals surface area contributed by atoms with Gasteiger partial charge in [0.2, 0.25) is 0 Å². The summed E-state index contributed by atoms with van der Waals surface area (Å²) < 4.78 is 90.1. The maximum Gasteiger partial charge on any atom is 0.335 e. The van der Waals surface area contributed by atoms with E-state index >= 15 is 0 Å². The highest BCUT2D eigenvalue weighted by Crippen LogP contribution is 2.33. The van der Waals surface area contributed by atoms with E-state index in [1.807, 2.05) is 97.9 Å². The normalized spacial score (nSPS) is 10.9. The van der Waals surface area contributed by atoms with Crippen LogP contribution in [0.5, 0.6) is 0 Å². The minimum Gasteiger partial charge on any atom is -0.478 e. The Hall–Kier alpha value is -15.5. The van der Waals surface area contributed by atoms with Crippen LogP contribution in [-0.2, 0) is 0 Å². The minimum absolute atomic E-state index is 0.0679. The van der Waals surface area contributed by atoms with Crippen LogP contribution < -0.4 is 0 Å². The van der Waals surface area contributed by atoms with Crippen molar-refractivity contribution in [2.24, 2.45) is 0 Å². The van der Waals surface area contributed by atoms with Crippen molar-refractivity contribution < 1.29 is 85.7 Å². The number of nitrogens with zero attached hydrogens (tertiary/aromatic N) is 7. The number of hydrogen-bond donors (Lipinski definition) is 6. The average Bonchev–Trinajstić information content (AvgIpc) is 1.91. The van der Waals surface area contributed by atoms with E-state index in [4.69, 9.17) is 42.2 Å². The molecule has 0 saturated carbocycles. The summed E-state index contributed by atoms with van der Waals surface area (Å²) in [6, 6.07) is 67.9. The fraction of sp³-hybridized carbons (Fsp3) is 0.0430. The Morgan fingerprint density at radius 2 is 0.630 bits per heavy atom. The Balaban J connectivity index is 0.000000124. The quantitative estimate of drug-likeness (QED) is 0.0622. The number of carboxylic acids is 6. The molecule has 594 valence electrons. The van der Waals surface area contributed by atoms with Gasteiger partial charge in [-0.2, -0.15) is 5.10 Å². The molecule has 18 aromatic rings. The lowest BCUT2D eigenvalue weighted by Crippen LogP contribution is -1.97. The number of benzene rings is 12. The van der Waals surface area contributed by atoms with Gasteiger partial charge in [0, 0.05) is 97.8 Å². The van der Waals surface area contributed by atoms with Gasteiger partial charge in [0.1, 0.15) is 23.3 Å². The van der Waals surface area contributed by atoms with Crippen LogP contribution in [-0.4, -0.2) is 99.1 Å². The number of carboxylic acid groups (broad SMARTS) is 6. The number of carbonyl (C=O) groups is 6. The van der Waals surface area contributed by atoms with E-state index in [0.717, 1.165) is 117 Å². The first-order valence-electron chi connectivity index (χ1n) is 36.2. The largest absolute Gasteiger partial charge is 0.478 e. The molecule has 0 aliphatic heterocycles. The van der Waals surface area contributed by atoms with Crippen molar-refractivity contribution in [1.29, 1.82) is 0 Å². The zero-order valence-electron chi connectivity index (χ0n) is 63.1. The van der Waals surface area contributed by atoms with Crippen LogP contribution in [0.4, 0.5) is 26.3 Å². The van der Waals surface area contributed by atoms with E-state index in [2.05, 4.69) is 9.67 Å². The van der Waals surface area contributed by atoms with Gasteiger partial charge in [-0.1, -0.05) is 35.9 Å². The molecule has 0 aliphatic carbocycles. The van der Waals surface area contributed by atoms with Gasteiger partial charge in [0.15, 0.2) is 11.6 Å². The van der Waals surface area contributed by atoms with E-state index in [-0.39, 0.29) is 50.3 Å². The number of aryl methyl sites for hydroxylation is 4.